The monoisotopic (exact) mass is 251 g/mol. The van der Waals surface area contributed by atoms with Crippen molar-refractivity contribution in [2.75, 3.05) is 6.61 Å². The molecule has 0 aliphatic carbocycles. The zero-order valence-electron chi connectivity index (χ0n) is 9.95. The molecule has 0 unspecified atom stereocenters. The predicted molar refractivity (Wildman–Crippen MR) is 59.0 cm³/mol. The minimum Gasteiger partial charge on any atom is -0.394 e. The van der Waals surface area contributed by atoms with Gasteiger partial charge in [0, 0.05) is 6.04 Å². The van der Waals surface area contributed by atoms with Crippen LogP contribution in [0.4, 0.5) is 0 Å². The van der Waals surface area contributed by atoms with Crippen LogP contribution in [0.5, 0.6) is 0 Å². The molecule has 0 aromatic carbocycles. The second-order valence-corrected chi connectivity index (χ2v) is 3.99. The van der Waals surface area contributed by atoms with Gasteiger partial charge in [-0.2, -0.15) is 0 Å². The Balaban J connectivity index is 4.38. The van der Waals surface area contributed by atoms with Gasteiger partial charge in [-0.25, -0.2) is 0 Å². The normalized spacial score (nSPS) is 20.2. The summed E-state index contributed by atoms with van der Waals surface area (Å²) in [5.74, 6) is -0.837. The Morgan fingerprint density at radius 1 is 1.18 bits per heavy atom. The van der Waals surface area contributed by atoms with Crippen LogP contribution in [0, 0.1) is 0 Å². The van der Waals surface area contributed by atoms with Crippen LogP contribution >= 0.6 is 0 Å². The molecule has 0 fully saturated rings. The maximum atomic E-state index is 11.4. The summed E-state index contributed by atoms with van der Waals surface area (Å²) >= 11 is 0. The average molecular weight is 251 g/mol. The number of carbonyl (C=O) groups excluding carboxylic acids is 1. The highest BCUT2D eigenvalue weighted by atomic mass is 16.4. The standard InChI is InChI=1S/C10H21NO6/c1-3-5(2)11-10(17)9(16)8(15)7(14)6(13)4-12/h5-9,12-16H,3-4H2,1-2H3,(H,11,17)/t5-,6-,7-,8+,9-/m1/s1. The molecule has 0 saturated heterocycles. The molecule has 0 aromatic heterocycles. The van der Waals surface area contributed by atoms with Crippen molar-refractivity contribution >= 4 is 5.91 Å². The first-order valence-electron chi connectivity index (χ1n) is 5.48. The molecule has 0 aromatic rings. The fourth-order valence-electron chi connectivity index (χ4n) is 1.11. The quantitative estimate of drug-likeness (QED) is 0.293. The first-order valence-corrected chi connectivity index (χ1v) is 5.48. The van der Waals surface area contributed by atoms with Crippen LogP contribution < -0.4 is 5.32 Å². The molecule has 6 N–H and O–H groups in total. The third-order valence-corrected chi connectivity index (χ3v) is 2.52. The molecule has 0 aliphatic rings. The molecular formula is C10H21NO6. The lowest BCUT2D eigenvalue weighted by Gasteiger charge is -2.25. The number of aliphatic hydroxyl groups is 5. The Morgan fingerprint density at radius 2 is 1.71 bits per heavy atom. The topological polar surface area (TPSA) is 130 Å². The van der Waals surface area contributed by atoms with E-state index in [1.54, 1.807) is 6.92 Å². The van der Waals surface area contributed by atoms with Gasteiger partial charge in [-0.3, -0.25) is 4.79 Å². The molecule has 5 atom stereocenters. The van der Waals surface area contributed by atoms with Gasteiger partial charge in [-0.05, 0) is 13.3 Å². The Morgan fingerprint density at radius 3 is 2.12 bits per heavy atom. The van der Waals surface area contributed by atoms with Gasteiger partial charge < -0.3 is 30.8 Å². The molecule has 17 heavy (non-hydrogen) atoms. The highest BCUT2D eigenvalue weighted by Crippen LogP contribution is 2.05. The van der Waals surface area contributed by atoms with Crippen molar-refractivity contribution in [3.05, 3.63) is 0 Å². The van der Waals surface area contributed by atoms with Gasteiger partial charge in [0.2, 0.25) is 0 Å². The number of carbonyl (C=O) groups is 1. The van der Waals surface area contributed by atoms with Crippen molar-refractivity contribution in [1.29, 1.82) is 0 Å². The van der Waals surface area contributed by atoms with Crippen LogP contribution in [0.15, 0.2) is 0 Å². The van der Waals surface area contributed by atoms with Crippen LogP contribution in [0.3, 0.4) is 0 Å². The van der Waals surface area contributed by atoms with Crippen molar-refractivity contribution in [2.45, 2.75) is 50.7 Å². The van der Waals surface area contributed by atoms with Crippen LogP contribution in [-0.4, -0.2) is 68.5 Å². The SMILES string of the molecule is CC[C@@H](C)NC(=O)[C@H](O)[C@@H](O)[C@H](O)[C@H](O)CO. The zero-order chi connectivity index (χ0) is 13.6. The van der Waals surface area contributed by atoms with E-state index >= 15 is 0 Å². The van der Waals surface area contributed by atoms with Crippen LogP contribution in [-0.2, 0) is 4.79 Å². The number of rotatable bonds is 7. The maximum Gasteiger partial charge on any atom is 0.251 e. The summed E-state index contributed by atoms with van der Waals surface area (Å²) < 4.78 is 0. The summed E-state index contributed by atoms with van der Waals surface area (Å²) in [6.07, 6.45) is -6.48. The third-order valence-electron chi connectivity index (χ3n) is 2.52. The molecule has 1 amide bonds. The van der Waals surface area contributed by atoms with Gasteiger partial charge >= 0.3 is 0 Å². The zero-order valence-corrected chi connectivity index (χ0v) is 9.95. The Kier molecular flexibility index (Phi) is 7.24. The second-order valence-electron chi connectivity index (χ2n) is 3.99. The number of hydrogen-bond donors (Lipinski definition) is 6. The molecule has 0 spiro atoms. The fraction of sp³-hybridized carbons (Fsp3) is 0.900. The van der Waals surface area contributed by atoms with Crippen molar-refractivity contribution in [3.63, 3.8) is 0 Å². The smallest absolute Gasteiger partial charge is 0.251 e. The predicted octanol–water partition coefficient (Wildman–Crippen LogP) is -2.66. The lowest BCUT2D eigenvalue weighted by molar-refractivity contribution is -0.149. The molecule has 0 rings (SSSR count). The summed E-state index contributed by atoms with van der Waals surface area (Å²) in [6.45, 7) is 2.77. The molecule has 7 heteroatoms. The summed E-state index contributed by atoms with van der Waals surface area (Å²) in [5.41, 5.74) is 0. The summed E-state index contributed by atoms with van der Waals surface area (Å²) in [5, 5.41) is 48.2. The number of amides is 1. The molecule has 0 saturated carbocycles. The highest BCUT2D eigenvalue weighted by molar-refractivity contribution is 5.81. The lowest BCUT2D eigenvalue weighted by Crippen LogP contribution is -2.52. The Labute approximate surface area is 99.7 Å². The van der Waals surface area contributed by atoms with Crippen molar-refractivity contribution in [3.8, 4) is 0 Å². The van der Waals surface area contributed by atoms with E-state index in [9.17, 15) is 20.1 Å². The summed E-state index contributed by atoms with van der Waals surface area (Å²) in [4.78, 5) is 11.4. The molecular weight excluding hydrogens is 230 g/mol. The summed E-state index contributed by atoms with van der Waals surface area (Å²) in [7, 11) is 0. The minimum atomic E-state index is -1.86. The first-order chi connectivity index (χ1) is 7.84. The van der Waals surface area contributed by atoms with E-state index in [1.807, 2.05) is 6.92 Å². The van der Waals surface area contributed by atoms with E-state index in [4.69, 9.17) is 10.2 Å². The van der Waals surface area contributed by atoms with Gasteiger partial charge in [0.15, 0.2) is 6.10 Å². The van der Waals surface area contributed by atoms with Gasteiger partial charge in [0.25, 0.3) is 5.91 Å². The fourth-order valence-corrected chi connectivity index (χ4v) is 1.11. The van der Waals surface area contributed by atoms with E-state index in [2.05, 4.69) is 5.32 Å². The second kappa shape index (κ2) is 7.57. The largest absolute Gasteiger partial charge is 0.394 e. The van der Waals surface area contributed by atoms with E-state index in [0.29, 0.717) is 6.42 Å². The van der Waals surface area contributed by atoms with Gasteiger partial charge in [-0.15, -0.1) is 0 Å². The molecule has 0 heterocycles. The number of aliphatic hydroxyl groups excluding tert-OH is 5. The molecule has 0 aliphatic heterocycles. The molecule has 0 bridgehead atoms. The van der Waals surface area contributed by atoms with Gasteiger partial charge in [-0.1, -0.05) is 6.92 Å². The lowest BCUT2D eigenvalue weighted by atomic mass is 10.0. The highest BCUT2D eigenvalue weighted by Gasteiger charge is 2.34. The number of hydrogen-bond acceptors (Lipinski definition) is 6. The van der Waals surface area contributed by atoms with Crippen LogP contribution in [0.25, 0.3) is 0 Å². The van der Waals surface area contributed by atoms with Crippen molar-refractivity contribution < 1.29 is 30.3 Å². The van der Waals surface area contributed by atoms with Gasteiger partial charge in [0.1, 0.15) is 18.3 Å². The Hall–Kier alpha value is -0.730. The molecule has 102 valence electrons. The first kappa shape index (κ1) is 16.3. The van der Waals surface area contributed by atoms with Crippen molar-refractivity contribution in [1.82, 2.24) is 5.32 Å². The molecule has 7 nitrogen and oxygen atoms in total. The van der Waals surface area contributed by atoms with Crippen molar-refractivity contribution in [2.24, 2.45) is 0 Å². The minimum absolute atomic E-state index is 0.177. The average Bonchev–Trinajstić information content (AvgIpc) is 2.34. The Bertz CT molecular complexity index is 237. The van der Waals surface area contributed by atoms with E-state index in [-0.39, 0.29) is 6.04 Å². The maximum absolute atomic E-state index is 11.4. The van der Waals surface area contributed by atoms with E-state index in [1.165, 1.54) is 0 Å². The summed E-state index contributed by atoms with van der Waals surface area (Å²) in [6, 6.07) is -0.177. The van der Waals surface area contributed by atoms with Gasteiger partial charge in [0.05, 0.1) is 6.61 Å². The molecule has 0 radical (unpaired) electrons. The number of nitrogens with one attached hydrogen (secondary N) is 1. The van der Waals surface area contributed by atoms with E-state index in [0.717, 1.165) is 0 Å². The third kappa shape index (κ3) is 4.97. The van der Waals surface area contributed by atoms with Crippen LogP contribution in [0.1, 0.15) is 20.3 Å². The van der Waals surface area contributed by atoms with E-state index < -0.39 is 36.9 Å². The van der Waals surface area contributed by atoms with Crippen LogP contribution in [0.2, 0.25) is 0 Å².